The van der Waals surface area contributed by atoms with Crippen LogP contribution in [0.2, 0.25) is 0 Å². The zero-order valence-corrected chi connectivity index (χ0v) is 10.8. The van der Waals surface area contributed by atoms with E-state index in [0.717, 1.165) is 0 Å². The highest BCUT2D eigenvalue weighted by Crippen LogP contribution is 2.05. The molecule has 1 heterocycles. The van der Waals surface area contributed by atoms with Gasteiger partial charge < -0.3 is 10.1 Å². The van der Waals surface area contributed by atoms with E-state index in [9.17, 15) is 9.59 Å². The summed E-state index contributed by atoms with van der Waals surface area (Å²) in [5.41, 5.74) is 0.385. The fraction of sp³-hybridized carbons (Fsp3) is 0.385. The monoisotopic (exact) mass is 261 g/mol. The average molecular weight is 261 g/mol. The van der Waals surface area contributed by atoms with Crippen molar-refractivity contribution >= 4 is 11.9 Å². The normalized spacial score (nSPS) is 11.2. The standard InChI is InChI=1S/C13H15N3O3/c1-3-10(4-6-14)16-12(17)11-8-9(5-7-15-11)13(18)19-2/h5,7-8,10H,3-4H2,1-2H3,(H,16,17). The van der Waals surface area contributed by atoms with E-state index in [0.29, 0.717) is 6.42 Å². The molecule has 19 heavy (non-hydrogen) atoms. The van der Waals surface area contributed by atoms with Crippen LogP contribution in [0.5, 0.6) is 0 Å². The summed E-state index contributed by atoms with van der Waals surface area (Å²) in [5.74, 6) is -0.937. The molecule has 6 nitrogen and oxygen atoms in total. The van der Waals surface area contributed by atoms with Crippen molar-refractivity contribution in [2.45, 2.75) is 25.8 Å². The Morgan fingerprint density at radius 3 is 2.89 bits per heavy atom. The van der Waals surface area contributed by atoms with E-state index in [2.05, 4.69) is 15.0 Å². The number of nitriles is 1. The summed E-state index contributed by atoms with van der Waals surface area (Å²) in [5, 5.41) is 11.3. The summed E-state index contributed by atoms with van der Waals surface area (Å²) in [4.78, 5) is 27.2. The second kappa shape index (κ2) is 7.11. The van der Waals surface area contributed by atoms with Crippen molar-refractivity contribution in [3.05, 3.63) is 29.6 Å². The van der Waals surface area contributed by atoms with Crippen LogP contribution in [0.1, 0.15) is 40.6 Å². The molecule has 1 atom stereocenters. The minimum Gasteiger partial charge on any atom is -0.465 e. The van der Waals surface area contributed by atoms with Crippen molar-refractivity contribution in [3.8, 4) is 6.07 Å². The van der Waals surface area contributed by atoms with E-state index in [1.54, 1.807) is 0 Å². The Hall–Kier alpha value is -2.42. The van der Waals surface area contributed by atoms with Crippen LogP contribution >= 0.6 is 0 Å². The fourth-order valence-electron chi connectivity index (χ4n) is 1.47. The second-order valence-corrected chi connectivity index (χ2v) is 3.86. The van der Waals surface area contributed by atoms with Crippen LogP contribution in [0.25, 0.3) is 0 Å². The highest BCUT2D eigenvalue weighted by Gasteiger charge is 2.15. The van der Waals surface area contributed by atoms with E-state index >= 15 is 0 Å². The molecule has 0 spiro atoms. The number of amides is 1. The van der Waals surface area contributed by atoms with E-state index in [1.165, 1.54) is 25.4 Å². The summed E-state index contributed by atoms with van der Waals surface area (Å²) in [7, 11) is 1.27. The first-order valence-electron chi connectivity index (χ1n) is 5.84. The number of carbonyl (C=O) groups is 2. The summed E-state index contributed by atoms with van der Waals surface area (Å²) < 4.78 is 4.57. The summed E-state index contributed by atoms with van der Waals surface area (Å²) >= 11 is 0. The van der Waals surface area contributed by atoms with Crippen molar-refractivity contribution in [3.63, 3.8) is 0 Å². The van der Waals surface area contributed by atoms with Crippen molar-refractivity contribution in [2.24, 2.45) is 0 Å². The lowest BCUT2D eigenvalue weighted by molar-refractivity contribution is 0.0600. The van der Waals surface area contributed by atoms with Gasteiger partial charge in [-0.15, -0.1) is 0 Å². The summed E-state index contributed by atoms with van der Waals surface area (Å²) in [6.07, 6.45) is 2.25. The van der Waals surface area contributed by atoms with Crippen LogP contribution in [0.3, 0.4) is 0 Å². The lowest BCUT2D eigenvalue weighted by atomic mass is 10.1. The predicted molar refractivity (Wildman–Crippen MR) is 67.4 cm³/mol. The first-order chi connectivity index (χ1) is 9.12. The number of methoxy groups -OCH3 is 1. The third-order valence-electron chi connectivity index (χ3n) is 2.58. The minimum atomic E-state index is -0.527. The van der Waals surface area contributed by atoms with Gasteiger partial charge in [0.25, 0.3) is 5.91 Å². The average Bonchev–Trinajstić information content (AvgIpc) is 2.45. The number of esters is 1. The molecule has 100 valence electrons. The van der Waals surface area contributed by atoms with Crippen LogP contribution in [-0.4, -0.2) is 30.0 Å². The zero-order valence-electron chi connectivity index (χ0n) is 10.8. The van der Waals surface area contributed by atoms with Gasteiger partial charge in [-0.3, -0.25) is 9.78 Å². The number of hydrogen-bond donors (Lipinski definition) is 1. The van der Waals surface area contributed by atoms with Crippen LogP contribution in [0.4, 0.5) is 0 Å². The molecule has 0 bridgehead atoms. The Morgan fingerprint density at radius 1 is 1.58 bits per heavy atom. The zero-order chi connectivity index (χ0) is 14.3. The molecule has 1 rings (SSSR count). The number of ether oxygens (including phenoxy) is 1. The maximum Gasteiger partial charge on any atom is 0.337 e. The number of pyridine rings is 1. The molecule has 0 saturated carbocycles. The Balaban J connectivity index is 2.82. The molecule has 1 aromatic heterocycles. The first kappa shape index (κ1) is 14.6. The number of nitrogens with one attached hydrogen (secondary N) is 1. The molecule has 1 unspecified atom stereocenters. The molecule has 0 aliphatic heterocycles. The van der Waals surface area contributed by atoms with Gasteiger partial charge in [0, 0.05) is 12.2 Å². The van der Waals surface area contributed by atoms with E-state index in [4.69, 9.17) is 5.26 Å². The third-order valence-corrected chi connectivity index (χ3v) is 2.58. The number of aromatic nitrogens is 1. The van der Waals surface area contributed by atoms with Gasteiger partial charge in [-0.2, -0.15) is 5.26 Å². The van der Waals surface area contributed by atoms with Crippen LogP contribution in [0, 0.1) is 11.3 Å². The molecule has 0 fully saturated rings. The first-order valence-corrected chi connectivity index (χ1v) is 5.84. The van der Waals surface area contributed by atoms with Crippen LogP contribution < -0.4 is 5.32 Å². The van der Waals surface area contributed by atoms with Crippen molar-refractivity contribution in [1.82, 2.24) is 10.3 Å². The van der Waals surface area contributed by atoms with Gasteiger partial charge in [-0.1, -0.05) is 6.92 Å². The minimum absolute atomic E-state index is 0.124. The number of rotatable bonds is 5. The quantitative estimate of drug-likeness (QED) is 0.806. The molecule has 0 aromatic carbocycles. The maximum atomic E-state index is 11.9. The Kier molecular flexibility index (Phi) is 5.48. The van der Waals surface area contributed by atoms with E-state index in [-0.39, 0.29) is 23.7 Å². The summed E-state index contributed by atoms with van der Waals surface area (Å²) in [6, 6.07) is 4.61. The van der Waals surface area contributed by atoms with Gasteiger partial charge in [0.05, 0.1) is 25.2 Å². The lowest BCUT2D eigenvalue weighted by Crippen LogP contribution is -2.34. The largest absolute Gasteiger partial charge is 0.465 e. The Labute approximate surface area is 111 Å². The number of carbonyl (C=O) groups excluding carboxylic acids is 2. The van der Waals surface area contributed by atoms with E-state index in [1.807, 2.05) is 13.0 Å². The van der Waals surface area contributed by atoms with Gasteiger partial charge in [0.15, 0.2) is 0 Å². The smallest absolute Gasteiger partial charge is 0.337 e. The maximum absolute atomic E-state index is 11.9. The SMILES string of the molecule is CCC(CC#N)NC(=O)c1cc(C(=O)OC)ccn1. The summed E-state index contributed by atoms with van der Waals surface area (Å²) in [6.45, 7) is 1.88. The highest BCUT2D eigenvalue weighted by atomic mass is 16.5. The molecule has 0 radical (unpaired) electrons. The third kappa shape index (κ3) is 4.07. The van der Waals surface area contributed by atoms with Crippen LogP contribution in [0.15, 0.2) is 18.3 Å². The van der Waals surface area contributed by atoms with E-state index < -0.39 is 11.9 Å². The molecule has 1 amide bonds. The fourth-order valence-corrected chi connectivity index (χ4v) is 1.47. The molecular weight excluding hydrogens is 246 g/mol. The van der Waals surface area contributed by atoms with Gasteiger partial charge >= 0.3 is 5.97 Å². The molecule has 0 saturated heterocycles. The molecular formula is C13H15N3O3. The lowest BCUT2D eigenvalue weighted by Gasteiger charge is -2.13. The number of nitrogens with zero attached hydrogens (tertiary/aromatic N) is 2. The van der Waals surface area contributed by atoms with Crippen molar-refractivity contribution < 1.29 is 14.3 Å². The predicted octanol–water partition coefficient (Wildman–Crippen LogP) is 1.29. The molecule has 1 N–H and O–H groups in total. The van der Waals surface area contributed by atoms with Gasteiger partial charge in [0.2, 0.25) is 0 Å². The van der Waals surface area contributed by atoms with Crippen molar-refractivity contribution in [1.29, 1.82) is 5.26 Å². The van der Waals surface area contributed by atoms with Gasteiger partial charge in [-0.25, -0.2) is 4.79 Å². The molecule has 1 aromatic rings. The second-order valence-electron chi connectivity index (χ2n) is 3.86. The molecule has 0 aliphatic rings. The van der Waals surface area contributed by atoms with Gasteiger partial charge in [-0.05, 0) is 18.6 Å². The molecule has 0 aliphatic carbocycles. The van der Waals surface area contributed by atoms with Gasteiger partial charge in [0.1, 0.15) is 5.69 Å². The Bertz CT molecular complexity index is 508. The van der Waals surface area contributed by atoms with Crippen molar-refractivity contribution in [2.75, 3.05) is 7.11 Å². The Morgan fingerprint density at radius 2 is 2.32 bits per heavy atom. The molecule has 6 heteroatoms. The topological polar surface area (TPSA) is 92.1 Å². The highest BCUT2D eigenvalue weighted by molar-refractivity contribution is 5.96. The van der Waals surface area contributed by atoms with Crippen LogP contribution in [-0.2, 0) is 4.74 Å². The number of hydrogen-bond acceptors (Lipinski definition) is 5.